The van der Waals surface area contributed by atoms with Gasteiger partial charge in [0, 0.05) is 5.56 Å². The minimum absolute atomic E-state index is 0.0133. The van der Waals surface area contributed by atoms with Crippen molar-refractivity contribution >= 4 is 39.9 Å². The van der Waals surface area contributed by atoms with Gasteiger partial charge in [0.15, 0.2) is 16.6 Å². The van der Waals surface area contributed by atoms with Crippen molar-refractivity contribution < 1.29 is 38.1 Å². The summed E-state index contributed by atoms with van der Waals surface area (Å²) in [4.78, 5) is 45.4. The molecule has 1 aromatic heterocycles. The highest BCUT2D eigenvalue weighted by molar-refractivity contribution is 7.17. The van der Waals surface area contributed by atoms with Gasteiger partial charge in [-0.05, 0) is 62.2 Å². The number of ketones is 1. The zero-order valence-electron chi connectivity index (χ0n) is 23.5. The molecule has 220 valence electrons. The monoisotopic (exact) mass is 594 g/mol. The topological polar surface area (TPSA) is 115 Å². The summed E-state index contributed by atoms with van der Waals surface area (Å²) in [6.45, 7) is 9.77. The van der Waals surface area contributed by atoms with E-state index in [1.165, 1.54) is 18.2 Å². The Balaban J connectivity index is 1.89. The molecule has 2 heterocycles. The van der Waals surface area contributed by atoms with Gasteiger partial charge in [-0.15, -0.1) is 0 Å². The Kier molecular flexibility index (Phi) is 9.74. The molecular formula is C31H31FN2O7S. The molecule has 1 atom stereocenters. The Labute approximate surface area is 246 Å². The number of ether oxygens (including phenoxy) is 3. The van der Waals surface area contributed by atoms with Gasteiger partial charge in [-0.2, -0.15) is 0 Å². The van der Waals surface area contributed by atoms with Crippen LogP contribution in [0.3, 0.4) is 0 Å². The van der Waals surface area contributed by atoms with Gasteiger partial charge < -0.3 is 19.3 Å². The zero-order valence-corrected chi connectivity index (χ0v) is 24.3. The summed E-state index contributed by atoms with van der Waals surface area (Å²) in [7, 11) is 0. The first kappa shape index (κ1) is 30.4. The van der Waals surface area contributed by atoms with Gasteiger partial charge in [0.2, 0.25) is 0 Å². The molecule has 1 N–H and O–H groups in total. The van der Waals surface area contributed by atoms with Gasteiger partial charge >= 0.3 is 11.9 Å². The van der Waals surface area contributed by atoms with Gasteiger partial charge in [-0.25, -0.2) is 14.2 Å². The lowest BCUT2D eigenvalue weighted by Gasteiger charge is -2.24. The molecule has 0 radical (unpaired) electrons. The largest absolute Gasteiger partial charge is 0.507 e. The number of Topliss-reactive ketones (excluding diaryl/α,β-unsaturated/α-hetero) is 1. The Hall–Kier alpha value is -4.51. The number of carbonyl (C=O) groups is 3. The number of unbranched alkanes of at least 4 members (excludes halogenated alkanes) is 1. The van der Waals surface area contributed by atoms with E-state index < -0.39 is 35.3 Å². The molecule has 1 aliphatic rings. The summed E-state index contributed by atoms with van der Waals surface area (Å²) >= 11 is 0.885. The molecular weight excluding hydrogens is 563 g/mol. The molecule has 0 saturated carbocycles. The average Bonchev–Trinajstić information content (AvgIpc) is 3.49. The smallest absolute Gasteiger partial charge is 0.350 e. The maximum absolute atomic E-state index is 13.6. The van der Waals surface area contributed by atoms with Crippen molar-refractivity contribution in [3.8, 4) is 11.5 Å². The summed E-state index contributed by atoms with van der Waals surface area (Å²) < 4.78 is 30.5. The van der Waals surface area contributed by atoms with E-state index in [2.05, 4.69) is 11.6 Å². The number of rotatable bonds is 12. The fourth-order valence-electron chi connectivity index (χ4n) is 4.39. The Morgan fingerprint density at radius 2 is 1.88 bits per heavy atom. The third kappa shape index (κ3) is 6.20. The van der Waals surface area contributed by atoms with Crippen LogP contribution in [-0.4, -0.2) is 47.6 Å². The number of nitrogens with zero attached hydrogens (tertiary/aromatic N) is 2. The fourth-order valence-corrected chi connectivity index (χ4v) is 5.38. The predicted octanol–water partition coefficient (Wildman–Crippen LogP) is 6.14. The zero-order chi connectivity index (χ0) is 30.4. The second-order valence-electron chi connectivity index (χ2n) is 9.32. The molecule has 1 amide bonds. The molecule has 0 bridgehead atoms. The SMILES string of the molecule is C=CCOC(=O)c1sc(N2C(=O)C(=O)C(=C(O)c3ccc(F)cc3)C2c2ccc(OCCCC)c(OCC)c2)nc1C. The molecule has 1 aliphatic heterocycles. The number of thiazole rings is 1. The summed E-state index contributed by atoms with van der Waals surface area (Å²) in [6, 6.07) is 8.75. The number of halogens is 1. The summed E-state index contributed by atoms with van der Waals surface area (Å²) in [5, 5.41) is 11.4. The van der Waals surface area contributed by atoms with E-state index in [9.17, 15) is 23.9 Å². The maximum atomic E-state index is 13.6. The fraction of sp³-hybridized carbons (Fsp3) is 0.290. The van der Waals surface area contributed by atoms with Crippen LogP contribution in [0.2, 0.25) is 0 Å². The second-order valence-corrected chi connectivity index (χ2v) is 10.3. The third-order valence-corrected chi connectivity index (χ3v) is 7.55. The second kappa shape index (κ2) is 13.4. The standard InChI is InChI=1S/C31H31FN2O7S/c1-5-8-16-40-22-14-11-20(17-23(22)39-7-3)25-24(26(35)19-9-12-21(32)13-10-19)27(36)29(37)34(25)31-33-18(4)28(42-31)30(38)41-15-6-2/h6,9-14,17,25,35H,2,5,7-8,15-16H2,1,3-4H3. The molecule has 9 nitrogen and oxygen atoms in total. The van der Waals surface area contributed by atoms with Gasteiger partial charge in [0.1, 0.15) is 23.1 Å². The van der Waals surface area contributed by atoms with E-state index in [1.807, 2.05) is 13.8 Å². The number of hydrogen-bond acceptors (Lipinski definition) is 9. The number of amides is 1. The number of carbonyl (C=O) groups excluding carboxylic acids is 3. The van der Waals surface area contributed by atoms with E-state index in [1.54, 1.807) is 25.1 Å². The average molecular weight is 595 g/mol. The molecule has 4 rings (SSSR count). The molecule has 11 heteroatoms. The number of aromatic nitrogens is 1. The van der Waals surface area contributed by atoms with Crippen molar-refractivity contribution in [1.82, 2.24) is 4.98 Å². The Morgan fingerprint density at radius 3 is 2.55 bits per heavy atom. The lowest BCUT2D eigenvalue weighted by molar-refractivity contribution is -0.132. The highest BCUT2D eigenvalue weighted by atomic mass is 32.1. The van der Waals surface area contributed by atoms with Crippen LogP contribution in [0, 0.1) is 12.7 Å². The van der Waals surface area contributed by atoms with Crippen LogP contribution in [0.15, 0.2) is 60.7 Å². The molecule has 42 heavy (non-hydrogen) atoms. The van der Waals surface area contributed by atoms with E-state index >= 15 is 0 Å². The Bertz CT molecular complexity index is 1530. The first-order chi connectivity index (χ1) is 20.2. The highest BCUT2D eigenvalue weighted by Gasteiger charge is 2.48. The normalized spacial score (nSPS) is 16.0. The molecule has 1 unspecified atom stereocenters. The number of aliphatic hydroxyl groups is 1. The van der Waals surface area contributed by atoms with E-state index in [-0.39, 0.29) is 27.8 Å². The minimum atomic E-state index is -1.15. The highest BCUT2D eigenvalue weighted by Crippen LogP contribution is 2.45. The van der Waals surface area contributed by atoms with Crippen LogP contribution < -0.4 is 14.4 Å². The van der Waals surface area contributed by atoms with Crippen molar-refractivity contribution in [3.05, 3.63) is 88.2 Å². The van der Waals surface area contributed by atoms with Gasteiger partial charge in [0.05, 0.1) is 30.5 Å². The first-order valence-corrected chi connectivity index (χ1v) is 14.2. The molecule has 3 aromatic rings. The van der Waals surface area contributed by atoms with Gasteiger partial charge in [-0.1, -0.05) is 43.4 Å². The molecule has 1 fully saturated rings. The lowest BCUT2D eigenvalue weighted by Crippen LogP contribution is -2.29. The van der Waals surface area contributed by atoms with Crippen LogP contribution in [0.5, 0.6) is 11.5 Å². The molecule has 1 saturated heterocycles. The quantitative estimate of drug-likeness (QED) is 0.0664. The first-order valence-electron chi connectivity index (χ1n) is 13.4. The number of hydrogen-bond donors (Lipinski definition) is 1. The molecule has 2 aromatic carbocycles. The number of aliphatic hydroxyl groups excluding tert-OH is 1. The van der Waals surface area contributed by atoms with Crippen LogP contribution in [0.4, 0.5) is 9.52 Å². The summed E-state index contributed by atoms with van der Waals surface area (Å²) in [5.74, 6) is -2.71. The van der Waals surface area contributed by atoms with Crippen LogP contribution in [0.1, 0.15) is 59.2 Å². The number of anilines is 1. The van der Waals surface area contributed by atoms with Crippen LogP contribution in [0.25, 0.3) is 5.76 Å². The van der Waals surface area contributed by atoms with Gasteiger partial charge in [0.25, 0.3) is 5.78 Å². The van der Waals surface area contributed by atoms with Crippen LogP contribution >= 0.6 is 11.3 Å². The maximum Gasteiger partial charge on any atom is 0.350 e. The van der Waals surface area contributed by atoms with Crippen molar-refractivity contribution in [3.63, 3.8) is 0 Å². The van der Waals surface area contributed by atoms with Crippen molar-refractivity contribution in [1.29, 1.82) is 0 Å². The summed E-state index contributed by atoms with van der Waals surface area (Å²) in [5.41, 5.74) is 0.649. The predicted molar refractivity (Wildman–Crippen MR) is 157 cm³/mol. The van der Waals surface area contributed by atoms with Crippen molar-refractivity contribution in [2.45, 2.75) is 39.7 Å². The van der Waals surface area contributed by atoms with Crippen molar-refractivity contribution in [2.24, 2.45) is 0 Å². The number of benzene rings is 2. The summed E-state index contributed by atoms with van der Waals surface area (Å²) in [6.07, 6.45) is 3.21. The lowest BCUT2D eigenvalue weighted by atomic mass is 9.95. The van der Waals surface area contributed by atoms with E-state index in [0.717, 1.165) is 41.2 Å². The van der Waals surface area contributed by atoms with Gasteiger partial charge in [-0.3, -0.25) is 14.5 Å². The molecule has 0 aliphatic carbocycles. The minimum Gasteiger partial charge on any atom is -0.507 e. The van der Waals surface area contributed by atoms with Crippen molar-refractivity contribution in [2.75, 3.05) is 24.7 Å². The van der Waals surface area contributed by atoms with Crippen LogP contribution in [-0.2, 0) is 14.3 Å². The third-order valence-electron chi connectivity index (χ3n) is 6.41. The number of aryl methyl sites for hydroxylation is 1. The molecule has 0 spiro atoms. The van der Waals surface area contributed by atoms with E-state index in [4.69, 9.17) is 14.2 Å². The number of esters is 1. The van der Waals surface area contributed by atoms with E-state index in [0.29, 0.717) is 36.0 Å². The Morgan fingerprint density at radius 1 is 1.14 bits per heavy atom.